The van der Waals surface area contributed by atoms with Crippen molar-refractivity contribution in [3.8, 4) is 0 Å². The summed E-state index contributed by atoms with van der Waals surface area (Å²) in [4.78, 5) is 13.3. The van der Waals surface area contributed by atoms with Gasteiger partial charge >= 0.3 is 0 Å². The molecule has 4 aliphatic rings. The van der Waals surface area contributed by atoms with Crippen molar-refractivity contribution in [2.45, 2.75) is 122 Å². The summed E-state index contributed by atoms with van der Waals surface area (Å²) in [6, 6.07) is 0. The second-order valence-electron chi connectivity index (χ2n) is 13.9. The van der Waals surface area contributed by atoms with Gasteiger partial charge in [0.15, 0.2) is 5.78 Å². The summed E-state index contributed by atoms with van der Waals surface area (Å²) in [6.45, 7) is 12.1. The lowest BCUT2D eigenvalue weighted by molar-refractivity contribution is -0.176. The lowest BCUT2D eigenvalue weighted by Gasteiger charge is -2.60. The fourth-order valence-electron chi connectivity index (χ4n) is 8.40. The number of carbonyl (C=O) groups excluding carboxylic acids is 1. The number of aliphatic hydroxyl groups excluding tert-OH is 3. The van der Waals surface area contributed by atoms with Crippen LogP contribution in [0.3, 0.4) is 0 Å². The lowest BCUT2D eigenvalue weighted by Crippen LogP contribution is -2.62. The first kappa shape index (κ1) is 26.3. The van der Waals surface area contributed by atoms with E-state index >= 15 is 0 Å². The monoisotopic (exact) mass is 478 g/mol. The molecule has 0 aromatic rings. The van der Waals surface area contributed by atoms with E-state index in [0.717, 1.165) is 18.4 Å². The van der Waals surface area contributed by atoms with Crippen LogP contribution in [0.5, 0.6) is 0 Å². The third-order valence-corrected chi connectivity index (χ3v) is 10.7. The zero-order valence-electron chi connectivity index (χ0n) is 21.8. The largest absolute Gasteiger partial charge is 0.390 e. The molecule has 34 heavy (non-hydrogen) atoms. The van der Waals surface area contributed by atoms with Crippen LogP contribution >= 0.6 is 0 Å². The highest BCUT2D eigenvalue weighted by Gasteiger charge is 2.69. The van der Waals surface area contributed by atoms with E-state index in [0.29, 0.717) is 32.1 Å². The number of rotatable bonds is 4. The topological polar surface area (TPSA) is 118 Å². The first-order valence-electron chi connectivity index (χ1n) is 13.2. The van der Waals surface area contributed by atoms with Crippen molar-refractivity contribution >= 4 is 5.78 Å². The number of hydrogen-bond donors (Lipinski definition) is 5. The third kappa shape index (κ3) is 3.75. The Hall–Kier alpha value is -0.790. The predicted octanol–water partition coefficient (Wildman–Crippen LogP) is 3.13. The lowest BCUT2D eigenvalue weighted by atomic mass is 9.45. The number of aliphatic hydroxyl groups is 5. The SMILES string of the molecule is CC(C)(C)CCC(O)C(C)(O)C1CCC2(O)C3=CC(=O)C4CC(O)C(O)CC4(C)C3CCC12C. The van der Waals surface area contributed by atoms with Crippen LogP contribution in [0.2, 0.25) is 0 Å². The summed E-state index contributed by atoms with van der Waals surface area (Å²) < 4.78 is 0. The van der Waals surface area contributed by atoms with E-state index in [1.165, 1.54) is 0 Å². The molecule has 0 heterocycles. The third-order valence-electron chi connectivity index (χ3n) is 10.7. The van der Waals surface area contributed by atoms with Crippen molar-refractivity contribution in [1.29, 1.82) is 0 Å². The van der Waals surface area contributed by atoms with Crippen LogP contribution < -0.4 is 0 Å². The number of fused-ring (bicyclic) bond motifs is 5. The van der Waals surface area contributed by atoms with Gasteiger partial charge in [-0.3, -0.25) is 4.79 Å². The zero-order valence-corrected chi connectivity index (χ0v) is 21.8. The highest BCUT2D eigenvalue weighted by molar-refractivity contribution is 5.95. The fraction of sp³-hybridized carbons (Fsp3) is 0.893. The van der Waals surface area contributed by atoms with Crippen molar-refractivity contribution in [2.24, 2.45) is 34.0 Å². The molecule has 0 amide bonds. The van der Waals surface area contributed by atoms with Gasteiger partial charge in [0.25, 0.3) is 0 Å². The summed E-state index contributed by atoms with van der Waals surface area (Å²) in [5.41, 5.74) is -2.97. The van der Waals surface area contributed by atoms with Crippen LogP contribution in [0.25, 0.3) is 0 Å². The second kappa shape index (κ2) is 8.11. The Kier molecular flexibility index (Phi) is 6.27. The molecule has 0 saturated heterocycles. The van der Waals surface area contributed by atoms with E-state index in [1.807, 2.05) is 13.8 Å². The maximum absolute atomic E-state index is 13.3. The van der Waals surface area contributed by atoms with Crippen molar-refractivity contribution in [3.05, 3.63) is 11.6 Å². The molecule has 10 atom stereocenters. The molecule has 5 N–H and O–H groups in total. The first-order chi connectivity index (χ1) is 15.5. The minimum atomic E-state index is -1.35. The van der Waals surface area contributed by atoms with Gasteiger partial charge in [-0.15, -0.1) is 0 Å². The van der Waals surface area contributed by atoms with Gasteiger partial charge < -0.3 is 25.5 Å². The highest BCUT2D eigenvalue weighted by Crippen LogP contribution is 2.68. The van der Waals surface area contributed by atoms with Crippen molar-refractivity contribution in [3.63, 3.8) is 0 Å². The van der Waals surface area contributed by atoms with Gasteiger partial charge in [0, 0.05) is 11.3 Å². The highest BCUT2D eigenvalue weighted by atomic mass is 16.3. The molecule has 0 radical (unpaired) electrons. The molecule has 0 bridgehead atoms. The molecule has 6 nitrogen and oxygen atoms in total. The van der Waals surface area contributed by atoms with E-state index in [2.05, 4.69) is 20.8 Å². The smallest absolute Gasteiger partial charge is 0.159 e. The maximum atomic E-state index is 13.3. The Morgan fingerprint density at radius 1 is 1.06 bits per heavy atom. The number of carbonyl (C=O) groups is 1. The van der Waals surface area contributed by atoms with Crippen LogP contribution in [0.15, 0.2) is 11.6 Å². The molecule has 6 heteroatoms. The van der Waals surface area contributed by atoms with Gasteiger partial charge in [-0.2, -0.15) is 0 Å². The van der Waals surface area contributed by atoms with E-state index < -0.39 is 40.3 Å². The van der Waals surface area contributed by atoms with Gasteiger partial charge in [-0.25, -0.2) is 0 Å². The molecule has 0 aromatic heterocycles. The molecular weight excluding hydrogens is 432 g/mol. The summed E-state index contributed by atoms with van der Waals surface area (Å²) >= 11 is 0. The first-order valence-corrected chi connectivity index (χ1v) is 13.2. The normalized spacial score (nSPS) is 47.2. The van der Waals surface area contributed by atoms with Gasteiger partial charge in [0.2, 0.25) is 0 Å². The Labute approximate surface area is 204 Å². The summed E-state index contributed by atoms with van der Waals surface area (Å²) in [6.07, 6.45) is 3.28. The minimum absolute atomic E-state index is 0.0484. The van der Waals surface area contributed by atoms with Crippen LogP contribution in [0, 0.1) is 34.0 Å². The van der Waals surface area contributed by atoms with E-state index in [9.17, 15) is 30.3 Å². The standard InChI is InChI=1S/C28H46O6/c1-24(2,3)10-9-23(32)27(6,33)22-8-12-28(34)17-13-19(29)18-14-20(30)21(31)15-25(18,4)16(17)7-11-26(22,28)5/h13,16,18,20-23,30-34H,7-12,14-15H2,1-6H3. The number of hydrogen-bond acceptors (Lipinski definition) is 6. The average Bonchev–Trinajstić information content (AvgIpc) is 3.00. The molecular formula is C28H46O6. The molecule has 4 rings (SSSR count). The Morgan fingerprint density at radius 3 is 2.32 bits per heavy atom. The molecule has 4 aliphatic carbocycles. The molecule has 194 valence electrons. The van der Waals surface area contributed by atoms with Crippen molar-refractivity contribution in [2.75, 3.05) is 0 Å². The summed E-state index contributed by atoms with van der Waals surface area (Å²) in [7, 11) is 0. The molecule has 10 unspecified atom stereocenters. The quantitative estimate of drug-likeness (QED) is 0.424. The predicted molar refractivity (Wildman–Crippen MR) is 130 cm³/mol. The molecule has 3 fully saturated rings. The van der Waals surface area contributed by atoms with Crippen molar-refractivity contribution < 1.29 is 30.3 Å². The molecule has 3 saturated carbocycles. The maximum Gasteiger partial charge on any atom is 0.159 e. The number of allylic oxidation sites excluding steroid dienone is 1. The van der Waals surface area contributed by atoms with Gasteiger partial charge in [-0.05, 0) is 92.6 Å². The average molecular weight is 479 g/mol. The van der Waals surface area contributed by atoms with Gasteiger partial charge in [0.05, 0.1) is 29.5 Å². The van der Waals surface area contributed by atoms with Gasteiger partial charge in [-0.1, -0.05) is 34.6 Å². The van der Waals surface area contributed by atoms with Gasteiger partial charge in [0.1, 0.15) is 0 Å². The fourth-order valence-corrected chi connectivity index (χ4v) is 8.40. The Bertz CT molecular complexity index is 857. The van der Waals surface area contributed by atoms with E-state index in [4.69, 9.17) is 0 Å². The zero-order chi connectivity index (χ0) is 25.5. The Balaban J connectivity index is 1.66. The van der Waals surface area contributed by atoms with Crippen LogP contribution in [-0.2, 0) is 4.79 Å². The van der Waals surface area contributed by atoms with Crippen LogP contribution in [0.4, 0.5) is 0 Å². The minimum Gasteiger partial charge on any atom is -0.390 e. The second-order valence-corrected chi connectivity index (χ2v) is 13.9. The molecule has 0 spiro atoms. The Morgan fingerprint density at radius 2 is 1.71 bits per heavy atom. The van der Waals surface area contributed by atoms with E-state index in [-0.39, 0.29) is 35.4 Å². The van der Waals surface area contributed by atoms with Crippen LogP contribution in [-0.4, -0.2) is 60.8 Å². The number of ketones is 1. The van der Waals surface area contributed by atoms with E-state index in [1.54, 1.807) is 13.0 Å². The van der Waals surface area contributed by atoms with Crippen LogP contribution in [0.1, 0.15) is 92.9 Å². The molecule has 0 aromatic carbocycles. The van der Waals surface area contributed by atoms with Crippen molar-refractivity contribution in [1.82, 2.24) is 0 Å². The molecule has 0 aliphatic heterocycles. The summed E-state index contributed by atoms with van der Waals surface area (Å²) in [5.74, 6) is -0.781. The summed E-state index contributed by atoms with van der Waals surface area (Å²) in [5, 5.41) is 55.7.